The summed E-state index contributed by atoms with van der Waals surface area (Å²) < 4.78 is 3.37. The molecule has 0 spiro atoms. The minimum Gasteiger partial charge on any atom is -0.331 e. The maximum absolute atomic E-state index is 2.72. The Kier molecular flexibility index (Phi) is 10.7. The van der Waals surface area contributed by atoms with Gasteiger partial charge >= 0.3 is 0 Å². The second kappa shape index (κ2) is 10.7. The third-order valence-corrected chi connectivity index (χ3v) is 5.31. The molecule has 0 aliphatic heterocycles. The molecule has 0 heterocycles. The molecule has 146 valence electrons. The van der Waals surface area contributed by atoms with Gasteiger partial charge in [0, 0.05) is 38.9 Å². The van der Waals surface area contributed by atoms with Crippen molar-refractivity contribution >= 4 is 0 Å². The lowest BCUT2D eigenvalue weighted by Gasteiger charge is -2.33. The van der Waals surface area contributed by atoms with Crippen LogP contribution in [0.2, 0.25) is 0 Å². The third kappa shape index (κ3) is 13.2. The molecule has 4 heteroatoms. The molecule has 0 rings (SSSR count). The van der Waals surface area contributed by atoms with Crippen molar-refractivity contribution in [3.05, 3.63) is 0 Å². The quantitative estimate of drug-likeness (QED) is 0.437. The second-order valence-corrected chi connectivity index (χ2v) is 9.91. The van der Waals surface area contributed by atoms with Crippen molar-refractivity contribution in [2.75, 3.05) is 102 Å². The first-order chi connectivity index (χ1) is 10.9. The Labute approximate surface area is 153 Å². The largest absolute Gasteiger partial charge is 0.331 e. The smallest absolute Gasteiger partial charge is 0.0796 e. The van der Waals surface area contributed by atoms with Crippen LogP contribution in [-0.4, -0.2) is 120 Å². The van der Waals surface area contributed by atoms with E-state index in [0.29, 0.717) is 0 Å². The molecule has 0 aliphatic carbocycles. The average Bonchev–Trinajstić information content (AvgIpc) is 2.44. The standard InChI is InChI=1S/C20H49N4/c1-10-24(9,11-2)20-14-17-21(15-12-18-22(3,4)5)16-13-19-23(6,7)8/h10-20H2,1-9H3/q+3. The van der Waals surface area contributed by atoms with Gasteiger partial charge in [-0.15, -0.1) is 0 Å². The Hall–Kier alpha value is -0.160. The fourth-order valence-corrected chi connectivity index (χ4v) is 3.09. The molecule has 24 heavy (non-hydrogen) atoms. The second-order valence-electron chi connectivity index (χ2n) is 9.91. The van der Waals surface area contributed by atoms with E-state index in [0.717, 1.165) is 8.97 Å². The maximum atomic E-state index is 2.72. The molecule has 0 unspecified atom stereocenters. The normalized spacial score (nSPS) is 13.8. The first-order valence-electron chi connectivity index (χ1n) is 10.1. The monoisotopic (exact) mass is 345 g/mol. The topological polar surface area (TPSA) is 3.24 Å². The van der Waals surface area contributed by atoms with Crippen LogP contribution < -0.4 is 0 Å². The van der Waals surface area contributed by atoms with Gasteiger partial charge in [0.1, 0.15) is 0 Å². The molecule has 0 aromatic carbocycles. The van der Waals surface area contributed by atoms with E-state index in [-0.39, 0.29) is 0 Å². The molecular formula is C20H49N4+3. The predicted octanol–water partition coefficient (Wildman–Crippen LogP) is 2.36. The lowest BCUT2D eigenvalue weighted by Crippen LogP contribution is -2.45. The fourth-order valence-electron chi connectivity index (χ4n) is 3.09. The van der Waals surface area contributed by atoms with Crippen LogP contribution in [0.25, 0.3) is 0 Å². The lowest BCUT2D eigenvalue weighted by molar-refractivity contribution is -0.906. The summed E-state index contributed by atoms with van der Waals surface area (Å²) in [6.07, 6.45) is 3.94. The number of hydrogen-bond acceptors (Lipinski definition) is 1. The van der Waals surface area contributed by atoms with Crippen molar-refractivity contribution in [1.82, 2.24) is 4.90 Å². The Morgan fingerprint density at radius 3 is 1.17 bits per heavy atom. The van der Waals surface area contributed by atoms with E-state index < -0.39 is 0 Å². The molecule has 0 saturated heterocycles. The third-order valence-electron chi connectivity index (χ3n) is 5.31. The molecule has 0 N–H and O–H groups in total. The molecule has 0 atom stereocenters. The zero-order valence-electron chi connectivity index (χ0n) is 18.6. The van der Waals surface area contributed by atoms with Gasteiger partial charge in [-0.1, -0.05) is 0 Å². The summed E-state index contributed by atoms with van der Waals surface area (Å²) in [5, 5.41) is 0. The predicted molar refractivity (Wildman–Crippen MR) is 108 cm³/mol. The van der Waals surface area contributed by atoms with Crippen LogP contribution in [0.4, 0.5) is 0 Å². The van der Waals surface area contributed by atoms with E-state index in [2.05, 4.69) is 68.1 Å². The van der Waals surface area contributed by atoms with Gasteiger partial charge in [-0.2, -0.15) is 0 Å². The first-order valence-corrected chi connectivity index (χ1v) is 10.1. The Balaban J connectivity index is 4.35. The first kappa shape index (κ1) is 23.8. The number of hydrogen-bond donors (Lipinski definition) is 0. The molecular weight excluding hydrogens is 296 g/mol. The Morgan fingerprint density at radius 1 is 0.542 bits per heavy atom. The summed E-state index contributed by atoms with van der Waals surface area (Å²) in [6.45, 7) is 14.8. The molecule has 0 bridgehead atoms. The van der Waals surface area contributed by atoms with Gasteiger partial charge in [0.05, 0.1) is 82.1 Å². The van der Waals surface area contributed by atoms with E-state index in [4.69, 9.17) is 0 Å². The zero-order valence-corrected chi connectivity index (χ0v) is 18.6. The van der Waals surface area contributed by atoms with Crippen LogP contribution >= 0.6 is 0 Å². The van der Waals surface area contributed by atoms with Crippen molar-refractivity contribution in [1.29, 1.82) is 0 Å². The van der Waals surface area contributed by atoms with Crippen LogP contribution in [0, 0.1) is 0 Å². The number of quaternary nitrogens is 3. The zero-order chi connectivity index (χ0) is 18.9. The van der Waals surface area contributed by atoms with Gasteiger partial charge in [0.15, 0.2) is 0 Å². The van der Waals surface area contributed by atoms with Crippen LogP contribution in [0.15, 0.2) is 0 Å². The summed E-state index contributed by atoms with van der Waals surface area (Å²) in [5.74, 6) is 0. The van der Waals surface area contributed by atoms with Gasteiger partial charge in [-0.05, 0) is 13.8 Å². The number of nitrogens with zero attached hydrogens (tertiary/aromatic N) is 4. The lowest BCUT2D eigenvalue weighted by atomic mass is 10.2. The molecule has 0 aliphatic rings. The summed E-state index contributed by atoms with van der Waals surface area (Å²) in [6, 6.07) is 0. The highest BCUT2D eigenvalue weighted by molar-refractivity contribution is 4.59. The number of rotatable bonds is 14. The summed E-state index contributed by atoms with van der Waals surface area (Å²) in [4.78, 5) is 2.72. The molecule has 4 nitrogen and oxygen atoms in total. The van der Waals surface area contributed by atoms with Crippen molar-refractivity contribution in [2.24, 2.45) is 0 Å². The summed E-state index contributed by atoms with van der Waals surface area (Å²) in [7, 11) is 16.2. The summed E-state index contributed by atoms with van der Waals surface area (Å²) >= 11 is 0. The Bertz CT molecular complexity index is 291. The van der Waals surface area contributed by atoms with Gasteiger partial charge in [0.25, 0.3) is 0 Å². The van der Waals surface area contributed by atoms with Gasteiger partial charge in [-0.3, -0.25) is 0 Å². The highest BCUT2D eigenvalue weighted by Crippen LogP contribution is 2.06. The van der Waals surface area contributed by atoms with E-state index in [9.17, 15) is 0 Å². The molecule has 0 radical (unpaired) electrons. The highest BCUT2D eigenvalue weighted by Gasteiger charge is 2.17. The minimum absolute atomic E-state index is 1.08. The van der Waals surface area contributed by atoms with Gasteiger partial charge in [0.2, 0.25) is 0 Å². The van der Waals surface area contributed by atoms with Gasteiger partial charge < -0.3 is 18.3 Å². The molecule has 0 fully saturated rings. The Morgan fingerprint density at radius 2 is 0.875 bits per heavy atom. The molecule has 0 saturated carbocycles. The molecule has 0 aromatic rings. The fraction of sp³-hybridized carbons (Fsp3) is 1.00. The highest BCUT2D eigenvalue weighted by atomic mass is 15.3. The van der Waals surface area contributed by atoms with Crippen molar-refractivity contribution in [3.63, 3.8) is 0 Å². The summed E-state index contributed by atoms with van der Waals surface area (Å²) in [5.41, 5.74) is 0. The average molecular weight is 346 g/mol. The van der Waals surface area contributed by atoms with Crippen molar-refractivity contribution in [3.8, 4) is 0 Å². The molecule has 0 amide bonds. The minimum atomic E-state index is 1.08. The van der Waals surface area contributed by atoms with E-state index in [1.165, 1.54) is 76.1 Å². The van der Waals surface area contributed by atoms with Crippen LogP contribution in [0.5, 0.6) is 0 Å². The maximum Gasteiger partial charge on any atom is 0.0796 e. The van der Waals surface area contributed by atoms with E-state index in [1.54, 1.807) is 0 Å². The SMILES string of the molecule is CC[N+](C)(CC)CCCN(CCC[N+](C)(C)C)CCC[N+](C)(C)C. The van der Waals surface area contributed by atoms with E-state index >= 15 is 0 Å². The van der Waals surface area contributed by atoms with Crippen LogP contribution in [0.3, 0.4) is 0 Å². The van der Waals surface area contributed by atoms with Crippen molar-refractivity contribution < 1.29 is 13.4 Å². The molecule has 0 aromatic heterocycles. The van der Waals surface area contributed by atoms with Crippen LogP contribution in [0.1, 0.15) is 33.1 Å². The van der Waals surface area contributed by atoms with Gasteiger partial charge in [-0.25, -0.2) is 0 Å². The van der Waals surface area contributed by atoms with Crippen molar-refractivity contribution in [2.45, 2.75) is 33.1 Å². The van der Waals surface area contributed by atoms with E-state index in [1.807, 2.05) is 0 Å². The van der Waals surface area contributed by atoms with Crippen LogP contribution in [-0.2, 0) is 0 Å².